The minimum absolute atomic E-state index is 0.262. The molecule has 1 heterocycles. The van der Waals surface area contributed by atoms with E-state index < -0.39 is 18.0 Å². The first-order valence-electron chi connectivity index (χ1n) is 6.09. The second-order valence-electron chi connectivity index (χ2n) is 4.41. The fourth-order valence-corrected chi connectivity index (χ4v) is 2.03. The highest BCUT2D eigenvalue weighted by Gasteiger charge is 2.21. The number of nitrogens with zero attached hydrogens (tertiary/aromatic N) is 2. The van der Waals surface area contributed by atoms with E-state index in [-0.39, 0.29) is 6.54 Å². The number of carboxylic acids is 1. The number of aliphatic carboxylic acids is 1. The van der Waals surface area contributed by atoms with Gasteiger partial charge in [-0.2, -0.15) is 11.8 Å². The molecule has 0 aromatic carbocycles. The lowest BCUT2D eigenvalue weighted by molar-refractivity contribution is -0.139. The zero-order valence-corrected chi connectivity index (χ0v) is 12.6. The average molecular weight is 301 g/mol. The molecule has 1 aromatic heterocycles. The number of rotatable bonds is 7. The monoisotopic (exact) mass is 301 g/mol. The first kappa shape index (κ1) is 16.4. The van der Waals surface area contributed by atoms with Crippen LogP contribution in [0.2, 0.25) is 0 Å². The molecule has 0 saturated carbocycles. The minimum atomic E-state index is -1.03. The molecule has 0 aliphatic carbocycles. The third kappa shape index (κ3) is 5.12. The Morgan fingerprint density at radius 1 is 1.60 bits per heavy atom. The summed E-state index contributed by atoms with van der Waals surface area (Å²) in [6.45, 7) is 2.03. The van der Waals surface area contributed by atoms with Crippen LogP contribution in [0.3, 0.4) is 0 Å². The lowest BCUT2D eigenvalue weighted by atomic mass is 10.2. The van der Waals surface area contributed by atoms with Crippen LogP contribution in [0.5, 0.6) is 0 Å². The molecular weight excluding hydrogens is 282 g/mol. The molecule has 0 bridgehead atoms. The van der Waals surface area contributed by atoms with Gasteiger partial charge in [0.15, 0.2) is 0 Å². The third-order valence-corrected chi connectivity index (χ3v) is 3.27. The van der Waals surface area contributed by atoms with Crippen LogP contribution in [0.25, 0.3) is 0 Å². The largest absolute Gasteiger partial charge is 0.480 e. The van der Waals surface area contributed by atoms with Crippen molar-refractivity contribution in [1.29, 1.82) is 0 Å². The van der Waals surface area contributed by atoms with Crippen molar-refractivity contribution in [2.75, 3.05) is 19.1 Å². The van der Waals surface area contributed by atoms with Crippen molar-refractivity contribution in [2.24, 2.45) is 0 Å². The summed E-state index contributed by atoms with van der Waals surface area (Å²) in [5, 5.41) is 15.3. The third-order valence-electron chi connectivity index (χ3n) is 2.63. The zero-order chi connectivity index (χ0) is 15.1. The highest BCUT2D eigenvalue weighted by molar-refractivity contribution is 7.98. The summed E-state index contributed by atoms with van der Waals surface area (Å²) in [6, 6.07) is 0.405. The average Bonchev–Trinajstić information content (AvgIpc) is 2.79. The summed E-state index contributed by atoms with van der Waals surface area (Å²) in [4.78, 5) is 24.3. The van der Waals surface area contributed by atoms with Gasteiger partial charge < -0.3 is 19.8 Å². The van der Waals surface area contributed by atoms with E-state index in [1.54, 1.807) is 20.0 Å². The Bertz CT molecular complexity index is 463. The number of carboxylic acid groups (broad SMARTS) is 1. The Balaban J connectivity index is 2.52. The van der Waals surface area contributed by atoms with E-state index in [1.807, 2.05) is 6.26 Å². The van der Waals surface area contributed by atoms with Crippen LogP contribution in [-0.4, -0.2) is 52.3 Å². The number of thioether (sulfide) groups is 1. The second kappa shape index (κ2) is 7.78. The Morgan fingerprint density at radius 2 is 2.30 bits per heavy atom. The van der Waals surface area contributed by atoms with Gasteiger partial charge in [0.1, 0.15) is 17.5 Å². The first-order valence-corrected chi connectivity index (χ1v) is 7.49. The van der Waals surface area contributed by atoms with Crippen LogP contribution in [0.4, 0.5) is 4.79 Å². The topological polar surface area (TPSA) is 95.7 Å². The number of nitrogens with one attached hydrogen (secondary N) is 1. The van der Waals surface area contributed by atoms with Crippen molar-refractivity contribution in [3.05, 3.63) is 17.5 Å². The van der Waals surface area contributed by atoms with Crippen molar-refractivity contribution in [3.8, 4) is 0 Å². The Labute approximate surface area is 121 Å². The summed E-state index contributed by atoms with van der Waals surface area (Å²) in [7, 11) is 1.58. The van der Waals surface area contributed by atoms with E-state index in [0.29, 0.717) is 23.6 Å². The fourth-order valence-electron chi connectivity index (χ4n) is 1.56. The highest BCUT2D eigenvalue weighted by atomic mass is 32.2. The zero-order valence-electron chi connectivity index (χ0n) is 11.8. The van der Waals surface area contributed by atoms with Gasteiger partial charge >= 0.3 is 12.0 Å². The first-order chi connectivity index (χ1) is 9.43. The SMILES string of the molecule is CSCC[C@H](NC(=O)N(C)Cc1cc(C)on1)C(=O)O. The highest BCUT2D eigenvalue weighted by Crippen LogP contribution is 2.06. The van der Waals surface area contributed by atoms with Crippen LogP contribution >= 0.6 is 11.8 Å². The van der Waals surface area contributed by atoms with Crippen LogP contribution in [0, 0.1) is 6.92 Å². The molecule has 20 heavy (non-hydrogen) atoms. The predicted octanol–water partition coefficient (Wildman–Crippen LogP) is 1.33. The molecule has 1 aromatic rings. The number of hydrogen-bond acceptors (Lipinski definition) is 5. The lowest BCUT2D eigenvalue weighted by Gasteiger charge is -2.20. The minimum Gasteiger partial charge on any atom is -0.480 e. The molecule has 0 radical (unpaired) electrons. The van der Waals surface area contributed by atoms with E-state index in [9.17, 15) is 9.59 Å². The van der Waals surface area contributed by atoms with Gasteiger partial charge in [0.25, 0.3) is 0 Å². The molecule has 0 aliphatic rings. The van der Waals surface area contributed by atoms with Crippen LogP contribution < -0.4 is 5.32 Å². The molecule has 2 N–H and O–H groups in total. The fraction of sp³-hybridized carbons (Fsp3) is 0.583. The van der Waals surface area contributed by atoms with Crippen LogP contribution in [-0.2, 0) is 11.3 Å². The molecule has 112 valence electrons. The van der Waals surface area contributed by atoms with Crippen molar-refractivity contribution >= 4 is 23.8 Å². The number of carbonyl (C=O) groups is 2. The maximum atomic E-state index is 11.9. The van der Waals surface area contributed by atoms with Gasteiger partial charge in [0, 0.05) is 13.1 Å². The second-order valence-corrected chi connectivity index (χ2v) is 5.39. The van der Waals surface area contributed by atoms with Gasteiger partial charge in [-0.15, -0.1) is 0 Å². The van der Waals surface area contributed by atoms with E-state index in [1.165, 1.54) is 16.7 Å². The Morgan fingerprint density at radius 3 is 2.80 bits per heavy atom. The van der Waals surface area contributed by atoms with Gasteiger partial charge in [-0.3, -0.25) is 0 Å². The molecule has 0 aliphatic heterocycles. The predicted molar refractivity (Wildman–Crippen MR) is 75.7 cm³/mol. The molecule has 2 amide bonds. The van der Waals surface area contributed by atoms with E-state index in [2.05, 4.69) is 10.5 Å². The van der Waals surface area contributed by atoms with Gasteiger partial charge in [0.05, 0.1) is 6.54 Å². The van der Waals surface area contributed by atoms with Gasteiger partial charge in [-0.05, 0) is 25.4 Å². The van der Waals surface area contributed by atoms with Crippen molar-refractivity contribution in [1.82, 2.24) is 15.4 Å². The van der Waals surface area contributed by atoms with E-state index in [0.717, 1.165) is 0 Å². The van der Waals surface area contributed by atoms with Gasteiger partial charge in [-0.1, -0.05) is 5.16 Å². The quantitative estimate of drug-likeness (QED) is 0.789. The molecule has 8 heteroatoms. The molecule has 0 saturated heterocycles. The maximum Gasteiger partial charge on any atom is 0.326 e. The summed E-state index contributed by atoms with van der Waals surface area (Å²) in [6.07, 6.45) is 2.28. The molecule has 0 spiro atoms. The maximum absolute atomic E-state index is 11.9. The molecule has 1 atom stereocenters. The summed E-state index contributed by atoms with van der Waals surface area (Å²) >= 11 is 1.54. The van der Waals surface area contributed by atoms with Crippen molar-refractivity contribution in [2.45, 2.75) is 25.9 Å². The molecule has 1 rings (SSSR count). The number of urea groups is 1. The Kier molecular flexibility index (Phi) is 6.37. The van der Waals surface area contributed by atoms with Crippen LogP contribution in [0.1, 0.15) is 17.9 Å². The molecule has 0 unspecified atom stereocenters. The van der Waals surface area contributed by atoms with Gasteiger partial charge in [0.2, 0.25) is 0 Å². The smallest absolute Gasteiger partial charge is 0.326 e. The standard InChI is InChI=1S/C12H19N3O4S/c1-8-6-9(14-19-8)7-15(2)12(18)13-10(11(16)17)4-5-20-3/h6,10H,4-5,7H2,1-3H3,(H,13,18)(H,16,17)/t10-/m0/s1. The summed E-state index contributed by atoms with van der Waals surface area (Å²) < 4.78 is 4.91. The normalized spacial score (nSPS) is 11.9. The lowest BCUT2D eigenvalue weighted by Crippen LogP contribution is -2.46. The van der Waals surface area contributed by atoms with E-state index >= 15 is 0 Å². The van der Waals surface area contributed by atoms with Crippen molar-refractivity contribution in [3.63, 3.8) is 0 Å². The number of hydrogen-bond donors (Lipinski definition) is 2. The van der Waals surface area contributed by atoms with Crippen molar-refractivity contribution < 1.29 is 19.2 Å². The van der Waals surface area contributed by atoms with Crippen LogP contribution in [0.15, 0.2) is 10.6 Å². The van der Waals surface area contributed by atoms with Gasteiger partial charge in [-0.25, -0.2) is 9.59 Å². The Hall–Kier alpha value is -1.70. The number of carbonyl (C=O) groups excluding carboxylic acids is 1. The molecule has 0 fully saturated rings. The number of aromatic nitrogens is 1. The molecular formula is C12H19N3O4S. The molecule has 7 nitrogen and oxygen atoms in total. The number of aryl methyl sites for hydroxylation is 1. The summed E-state index contributed by atoms with van der Waals surface area (Å²) in [5.41, 5.74) is 0.621. The summed E-state index contributed by atoms with van der Waals surface area (Å²) in [5.74, 6) is 0.305. The number of amides is 2. The van der Waals surface area contributed by atoms with E-state index in [4.69, 9.17) is 9.63 Å².